The van der Waals surface area contributed by atoms with Crippen molar-refractivity contribution >= 4 is 23.5 Å². The molecule has 2 aliphatic rings. The predicted octanol–water partition coefficient (Wildman–Crippen LogP) is 7.19. The first-order valence-corrected chi connectivity index (χ1v) is 15.7. The van der Waals surface area contributed by atoms with E-state index in [0.717, 1.165) is 48.1 Å². The number of unbranched alkanes of at least 4 members (excludes halogenated alkanes) is 3. The van der Waals surface area contributed by atoms with Crippen molar-refractivity contribution in [3.8, 4) is 23.3 Å². The maximum atomic E-state index is 12.4. The maximum absolute atomic E-state index is 12.4. The molecular formula is C36H41N3O7. The van der Waals surface area contributed by atoms with Gasteiger partial charge in [0.1, 0.15) is 17.6 Å². The molecule has 1 atom stereocenters. The summed E-state index contributed by atoms with van der Waals surface area (Å²) in [5.74, 6) is 6.47. The number of fused-ring (bicyclic) bond motifs is 1. The van der Waals surface area contributed by atoms with E-state index >= 15 is 0 Å². The molecule has 5 rings (SSSR count). The third-order valence-corrected chi connectivity index (χ3v) is 7.57. The molecule has 2 heterocycles. The summed E-state index contributed by atoms with van der Waals surface area (Å²) in [6.45, 7) is 6.70. The lowest BCUT2D eigenvalue weighted by Gasteiger charge is -2.32. The van der Waals surface area contributed by atoms with Crippen LogP contribution in [0.1, 0.15) is 68.7 Å². The Balaban J connectivity index is 0.917. The van der Waals surface area contributed by atoms with Gasteiger partial charge in [-0.1, -0.05) is 42.9 Å². The molecule has 1 fully saturated rings. The largest absolute Gasteiger partial charge is 0.508 e. The number of carbonyl (C=O) groups excluding carboxylic acids is 2. The smallest absolute Gasteiger partial charge is 0.410 e. The fourth-order valence-electron chi connectivity index (χ4n) is 5.22. The van der Waals surface area contributed by atoms with Gasteiger partial charge in [-0.3, -0.25) is 0 Å². The summed E-state index contributed by atoms with van der Waals surface area (Å²) in [5, 5.41) is 15.0. The molecule has 1 saturated heterocycles. The third-order valence-electron chi connectivity index (χ3n) is 7.57. The normalized spacial score (nSPS) is 16.4. The average Bonchev–Trinajstić information content (AvgIpc) is 3.39. The second-order valence-electron chi connectivity index (χ2n) is 11.8. The number of urea groups is 1. The van der Waals surface area contributed by atoms with Gasteiger partial charge in [-0.05, 0) is 60.9 Å². The van der Waals surface area contributed by atoms with Gasteiger partial charge in [-0.15, -0.1) is 0 Å². The van der Waals surface area contributed by atoms with Crippen LogP contribution < -0.4 is 15.4 Å². The SMILES string of the molecule is CC1(C)OCc2cc([C@@H]3CN(CCCCCCOCCC#Cc4cccc(NC(=O)Nc5cccc(O)c5)c4)C(=O)O3)ccc2O1. The third kappa shape index (κ3) is 9.64. The highest BCUT2D eigenvalue weighted by atomic mass is 16.7. The fourth-order valence-corrected chi connectivity index (χ4v) is 5.22. The number of phenols is 1. The summed E-state index contributed by atoms with van der Waals surface area (Å²) in [5.41, 5.74) is 3.83. The van der Waals surface area contributed by atoms with Crippen molar-refractivity contribution in [2.45, 2.75) is 64.4 Å². The molecule has 3 aromatic carbocycles. The van der Waals surface area contributed by atoms with Crippen molar-refractivity contribution in [3.05, 3.63) is 83.4 Å². The van der Waals surface area contributed by atoms with E-state index in [-0.39, 0.29) is 17.9 Å². The highest BCUT2D eigenvalue weighted by Gasteiger charge is 2.33. The van der Waals surface area contributed by atoms with Crippen molar-refractivity contribution in [3.63, 3.8) is 0 Å². The molecule has 0 bridgehead atoms. The monoisotopic (exact) mass is 627 g/mol. The van der Waals surface area contributed by atoms with Gasteiger partial charge in [0.25, 0.3) is 0 Å². The number of nitrogens with zero attached hydrogens (tertiary/aromatic N) is 1. The summed E-state index contributed by atoms with van der Waals surface area (Å²) in [7, 11) is 0. The predicted molar refractivity (Wildman–Crippen MR) is 175 cm³/mol. The van der Waals surface area contributed by atoms with E-state index in [0.29, 0.717) is 50.7 Å². The van der Waals surface area contributed by atoms with Crippen LogP contribution in [0.5, 0.6) is 11.5 Å². The van der Waals surface area contributed by atoms with Gasteiger partial charge in [0, 0.05) is 62.0 Å². The number of cyclic esters (lactones) is 1. The number of aromatic hydroxyl groups is 1. The summed E-state index contributed by atoms with van der Waals surface area (Å²) >= 11 is 0. The van der Waals surface area contributed by atoms with E-state index in [1.54, 1.807) is 29.2 Å². The fraction of sp³-hybridized carbons (Fsp3) is 0.389. The quantitative estimate of drug-likeness (QED) is 0.144. The van der Waals surface area contributed by atoms with Gasteiger partial charge >= 0.3 is 12.1 Å². The van der Waals surface area contributed by atoms with Gasteiger partial charge in [0.2, 0.25) is 5.79 Å². The van der Waals surface area contributed by atoms with Gasteiger partial charge in [0.05, 0.1) is 19.8 Å². The molecule has 3 N–H and O–H groups in total. The molecule has 0 aromatic heterocycles. The number of amides is 3. The molecule has 3 aromatic rings. The molecule has 46 heavy (non-hydrogen) atoms. The highest BCUT2D eigenvalue weighted by Crippen LogP contribution is 2.35. The minimum atomic E-state index is -0.639. The zero-order chi connectivity index (χ0) is 32.4. The Morgan fingerprint density at radius 3 is 2.61 bits per heavy atom. The first kappa shape index (κ1) is 32.7. The molecule has 3 amide bonds. The Morgan fingerprint density at radius 2 is 1.78 bits per heavy atom. The summed E-state index contributed by atoms with van der Waals surface area (Å²) in [6.07, 6.45) is 3.97. The standard InChI is InChI=1S/C36H41N3O7/c1-36(2)44-25-28-22-27(16-17-32(28)46-36)33-24-39(35(42)45-33)18-6-3-4-7-19-43-20-8-5-11-26-12-9-13-29(21-26)37-34(41)38-30-14-10-15-31(40)23-30/h9-10,12-17,21-23,33,40H,3-4,6-8,18-20,24-25H2,1-2H3,(H2,37,38,41)/t33-/m0/s1. The van der Waals surface area contributed by atoms with E-state index in [2.05, 4.69) is 22.5 Å². The second kappa shape index (κ2) is 15.5. The van der Waals surface area contributed by atoms with Crippen molar-refractivity contribution in [1.29, 1.82) is 0 Å². The number of rotatable bonds is 12. The summed E-state index contributed by atoms with van der Waals surface area (Å²) in [6, 6.07) is 19.2. The van der Waals surface area contributed by atoms with Gasteiger partial charge in [-0.25, -0.2) is 9.59 Å². The molecule has 10 nitrogen and oxygen atoms in total. The molecular weight excluding hydrogens is 586 g/mol. The minimum absolute atomic E-state index is 0.0789. The lowest BCUT2D eigenvalue weighted by Crippen LogP contribution is -2.35. The van der Waals surface area contributed by atoms with E-state index in [9.17, 15) is 14.7 Å². The zero-order valence-electron chi connectivity index (χ0n) is 26.3. The highest BCUT2D eigenvalue weighted by molar-refractivity contribution is 5.99. The molecule has 2 aliphatic heterocycles. The Kier molecular flexibility index (Phi) is 11.0. The number of ether oxygens (including phenoxy) is 4. The van der Waals surface area contributed by atoms with Gasteiger partial charge in [-0.2, -0.15) is 0 Å². The number of anilines is 2. The van der Waals surface area contributed by atoms with E-state index < -0.39 is 11.8 Å². The van der Waals surface area contributed by atoms with Crippen molar-refractivity contribution in [1.82, 2.24) is 4.90 Å². The number of hydrogen-bond donors (Lipinski definition) is 3. The van der Waals surface area contributed by atoms with E-state index in [1.165, 1.54) is 12.1 Å². The van der Waals surface area contributed by atoms with Crippen LogP contribution in [0.4, 0.5) is 21.0 Å². The van der Waals surface area contributed by atoms with Gasteiger partial charge < -0.3 is 39.6 Å². The summed E-state index contributed by atoms with van der Waals surface area (Å²) in [4.78, 5) is 26.5. The Hall–Kier alpha value is -4.72. The number of phenolic OH excluding ortho intramolecular Hbond substituents is 1. The van der Waals surface area contributed by atoms with Crippen molar-refractivity contribution in [2.24, 2.45) is 0 Å². The molecule has 0 aliphatic carbocycles. The first-order chi connectivity index (χ1) is 22.2. The molecule has 0 unspecified atom stereocenters. The number of nitrogens with one attached hydrogen (secondary N) is 2. The van der Waals surface area contributed by atoms with E-state index in [4.69, 9.17) is 18.9 Å². The molecule has 0 radical (unpaired) electrons. The van der Waals surface area contributed by atoms with Crippen LogP contribution in [-0.2, 0) is 20.8 Å². The lowest BCUT2D eigenvalue weighted by molar-refractivity contribution is -0.180. The van der Waals surface area contributed by atoms with Crippen LogP contribution >= 0.6 is 0 Å². The molecule has 0 saturated carbocycles. The lowest BCUT2D eigenvalue weighted by atomic mass is 10.0. The van der Waals surface area contributed by atoms with Crippen molar-refractivity contribution < 1.29 is 33.6 Å². The molecule has 10 heteroatoms. The Labute approximate surface area is 270 Å². The number of hydrogen-bond acceptors (Lipinski definition) is 7. The van der Waals surface area contributed by atoms with Crippen molar-refractivity contribution in [2.75, 3.05) is 36.9 Å². The minimum Gasteiger partial charge on any atom is -0.508 e. The maximum Gasteiger partial charge on any atom is 0.410 e. The van der Waals surface area contributed by atoms with Crippen LogP contribution in [-0.4, -0.2) is 54.2 Å². The first-order valence-electron chi connectivity index (χ1n) is 15.7. The second-order valence-corrected chi connectivity index (χ2v) is 11.8. The topological polar surface area (TPSA) is 119 Å². The van der Waals surface area contributed by atoms with Crippen LogP contribution in [0.3, 0.4) is 0 Å². The van der Waals surface area contributed by atoms with E-state index in [1.807, 2.05) is 44.2 Å². The van der Waals surface area contributed by atoms with Crippen LogP contribution in [0.15, 0.2) is 66.7 Å². The van der Waals surface area contributed by atoms with Crippen LogP contribution in [0.2, 0.25) is 0 Å². The Bertz CT molecular complexity index is 1580. The number of benzene rings is 3. The summed E-state index contributed by atoms with van der Waals surface area (Å²) < 4.78 is 23.0. The van der Waals surface area contributed by atoms with Gasteiger partial charge in [0.15, 0.2) is 0 Å². The van der Waals surface area contributed by atoms with Crippen LogP contribution in [0.25, 0.3) is 0 Å². The Morgan fingerprint density at radius 1 is 1.00 bits per heavy atom. The average molecular weight is 628 g/mol. The number of carbonyl (C=O) groups is 2. The molecule has 0 spiro atoms. The van der Waals surface area contributed by atoms with Crippen LogP contribution in [0, 0.1) is 11.8 Å². The zero-order valence-corrected chi connectivity index (χ0v) is 26.3. The molecule has 242 valence electrons.